The second-order valence-electron chi connectivity index (χ2n) is 5.03. The molecule has 1 aromatic carbocycles. The van der Waals surface area contributed by atoms with E-state index < -0.39 is 0 Å². The van der Waals surface area contributed by atoms with Crippen molar-refractivity contribution >= 4 is 11.6 Å². The summed E-state index contributed by atoms with van der Waals surface area (Å²) in [6.45, 7) is 7.96. The van der Waals surface area contributed by atoms with Crippen LogP contribution in [-0.2, 0) is 0 Å². The van der Waals surface area contributed by atoms with Gasteiger partial charge in [0.05, 0.1) is 0 Å². The largest absolute Gasteiger partial charge is 0.314 e. The summed E-state index contributed by atoms with van der Waals surface area (Å²) in [6, 6.07) is 9.57. The molecule has 2 rings (SSSR count). The molecule has 100 valence electrons. The Labute approximate surface area is 115 Å². The van der Waals surface area contributed by atoms with E-state index in [1.54, 1.807) is 0 Å². The van der Waals surface area contributed by atoms with Crippen molar-refractivity contribution in [2.24, 2.45) is 0 Å². The van der Waals surface area contributed by atoms with Crippen LogP contribution in [0.25, 0.3) is 0 Å². The van der Waals surface area contributed by atoms with Gasteiger partial charge >= 0.3 is 0 Å². The highest BCUT2D eigenvalue weighted by atomic mass is 35.5. The molecule has 1 aliphatic heterocycles. The Hall–Kier alpha value is -0.570. The zero-order chi connectivity index (χ0) is 13.0. The minimum Gasteiger partial charge on any atom is -0.314 e. The van der Waals surface area contributed by atoms with Crippen molar-refractivity contribution in [1.82, 2.24) is 10.2 Å². The van der Waals surface area contributed by atoms with Gasteiger partial charge in [-0.3, -0.25) is 4.90 Å². The second-order valence-corrected chi connectivity index (χ2v) is 5.46. The first-order valence-corrected chi connectivity index (χ1v) is 7.36. The van der Waals surface area contributed by atoms with E-state index in [0.29, 0.717) is 12.1 Å². The minimum atomic E-state index is 0.523. The topological polar surface area (TPSA) is 15.3 Å². The van der Waals surface area contributed by atoms with Crippen molar-refractivity contribution in [3.05, 3.63) is 34.9 Å². The summed E-state index contributed by atoms with van der Waals surface area (Å²) < 4.78 is 0. The quantitative estimate of drug-likeness (QED) is 0.848. The summed E-state index contributed by atoms with van der Waals surface area (Å²) >= 11 is 5.98. The van der Waals surface area contributed by atoms with Crippen LogP contribution in [0.1, 0.15) is 38.3 Å². The molecule has 2 nitrogen and oxygen atoms in total. The van der Waals surface area contributed by atoms with Gasteiger partial charge in [-0.05, 0) is 37.1 Å². The van der Waals surface area contributed by atoms with E-state index in [0.717, 1.165) is 24.5 Å². The van der Waals surface area contributed by atoms with Crippen molar-refractivity contribution in [3.63, 3.8) is 0 Å². The Morgan fingerprint density at radius 1 is 1.28 bits per heavy atom. The van der Waals surface area contributed by atoms with Crippen LogP contribution in [0.4, 0.5) is 0 Å². The van der Waals surface area contributed by atoms with E-state index in [9.17, 15) is 0 Å². The Bertz CT molecular complexity index is 359. The molecule has 1 aromatic rings. The summed E-state index contributed by atoms with van der Waals surface area (Å²) in [4.78, 5) is 2.65. The van der Waals surface area contributed by atoms with E-state index >= 15 is 0 Å². The maximum atomic E-state index is 5.98. The standard InChI is InChI=1S/C15H23ClN2/c1-3-9-18(14-10-17-11-14)15(4-2)12-5-7-13(16)8-6-12/h5-8,14-15,17H,3-4,9-11H2,1-2H3. The average molecular weight is 267 g/mol. The summed E-state index contributed by atoms with van der Waals surface area (Å²) in [5.41, 5.74) is 1.39. The molecule has 1 unspecified atom stereocenters. The molecule has 0 spiro atoms. The maximum absolute atomic E-state index is 5.98. The lowest BCUT2D eigenvalue weighted by atomic mass is 9.98. The molecule has 1 saturated heterocycles. The first-order chi connectivity index (χ1) is 8.76. The summed E-state index contributed by atoms with van der Waals surface area (Å²) in [6.07, 6.45) is 2.36. The van der Waals surface area contributed by atoms with Crippen molar-refractivity contribution < 1.29 is 0 Å². The zero-order valence-electron chi connectivity index (χ0n) is 11.3. The van der Waals surface area contributed by atoms with Crippen LogP contribution in [0.3, 0.4) is 0 Å². The van der Waals surface area contributed by atoms with Gasteiger partial charge < -0.3 is 5.32 Å². The Kier molecular flexibility index (Phi) is 5.04. The lowest BCUT2D eigenvalue weighted by molar-refractivity contribution is 0.0916. The lowest BCUT2D eigenvalue weighted by Crippen LogP contribution is -2.58. The van der Waals surface area contributed by atoms with Crippen molar-refractivity contribution in [2.75, 3.05) is 19.6 Å². The molecule has 1 aliphatic rings. The highest BCUT2D eigenvalue weighted by molar-refractivity contribution is 6.30. The van der Waals surface area contributed by atoms with E-state index in [2.05, 4.69) is 36.2 Å². The fourth-order valence-corrected chi connectivity index (χ4v) is 2.83. The van der Waals surface area contributed by atoms with Crippen LogP contribution in [-0.4, -0.2) is 30.6 Å². The molecule has 0 amide bonds. The van der Waals surface area contributed by atoms with Crippen molar-refractivity contribution in [1.29, 1.82) is 0 Å². The number of rotatable bonds is 6. The van der Waals surface area contributed by atoms with Gasteiger partial charge in [0, 0.05) is 30.2 Å². The van der Waals surface area contributed by atoms with Gasteiger partial charge in [0.2, 0.25) is 0 Å². The molecule has 0 bridgehead atoms. The zero-order valence-corrected chi connectivity index (χ0v) is 12.1. The molecule has 0 saturated carbocycles. The lowest BCUT2D eigenvalue weighted by Gasteiger charge is -2.43. The molecule has 1 fully saturated rings. The first-order valence-electron chi connectivity index (χ1n) is 6.98. The minimum absolute atomic E-state index is 0.523. The van der Waals surface area contributed by atoms with Crippen LogP contribution >= 0.6 is 11.6 Å². The number of hydrogen-bond acceptors (Lipinski definition) is 2. The SMILES string of the molecule is CCCN(C1CNC1)C(CC)c1ccc(Cl)cc1. The first kappa shape index (κ1) is 13.9. The van der Waals surface area contributed by atoms with Crippen molar-refractivity contribution in [3.8, 4) is 0 Å². The van der Waals surface area contributed by atoms with Crippen LogP contribution in [0.5, 0.6) is 0 Å². The van der Waals surface area contributed by atoms with Crippen LogP contribution in [0.2, 0.25) is 5.02 Å². The van der Waals surface area contributed by atoms with Gasteiger partial charge in [0.25, 0.3) is 0 Å². The molecule has 1 heterocycles. The molecular formula is C15H23ClN2. The number of nitrogens with one attached hydrogen (secondary N) is 1. The van der Waals surface area contributed by atoms with E-state index in [1.807, 2.05) is 12.1 Å². The number of benzene rings is 1. The molecule has 3 heteroatoms. The van der Waals surface area contributed by atoms with E-state index in [1.165, 1.54) is 18.5 Å². The molecule has 0 aromatic heterocycles. The van der Waals surface area contributed by atoms with Crippen LogP contribution < -0.4 is 5.32 Å². The molecular weight excluding hydrogens is 244 g/mol. The average Bonchev–Trinajstić information content (AvgIpc) is 2.30. The molecule has 18 heavy (non-hydrogen) atoms. The van der Waals surface area contributed by atoms with Gasteiger partial charge in [-0.25, -0.2) is 0 Å². The molecule has 1 atom stereocenters. The Morgan fingerprint density at radius 3 is 2.39 bits per heavy atom. The number of nitrogens with zero attached hydrogens (tertiary/aromatic N) is 1. The maximum Gasteiger partial charge on any atom is 0.0406 e. The normalized spacial score (nSPS) is 17.8. The third-order valence-electron chi connectivity index (χ3n) is 3.75. The van der Waals surface area contributed by atoms with Gasteiger partial charge in [0.1, 0.15) is 0 Å². The third kappa shape index (κ3) is 3.05. The monoisotopic (exact) mass is 266 g/mol. The predicted octanol–water partition coefficient (Wildman–Crippen LogP) is 3.47. The van der Waals surface area contributed by atoms with Crippen LogP contribution in [0.15, 0.2) is 24.3 Å². The second kappa shape index (κ2) is 6.55. The summed E-state index contributed by atoms with van der Waals surface area (Å²) in [5.74, 6) is 0. The highest BCUT2D eigenvalue weighted by Crippen LogP contribution is 2.28. The van der Waals surface area contributed by atoms with Crippen LogP contribution in [0, 0.1) is 0 Å². The highest BCUT2D eigenvalue weighted by Gasteiger charge is 2.29. The predicted molar refractivity (Wildman–Crippen MR) is 78.1 cm³/mol. The van der Waals surface area contributed by atoms with Crippen molar-refractivity contribution in [2.45, 2.75) is 38.8 Å². The third-order valence-corrected chi connectivity index (χ3v) is 4.00. The smallest absolute Gasteiger partial charge is 0.0406 e. The van der Waals surface area contributed by atoms with Gasteiger partial charge in [-0.15, -0.1) is 0 Å². The molecule has 1 N–H and O–H groups in total. The fraction of sp³-hybridized carbons (Fsp3) is 0.600. The molecule has 0 radical (unpaired) electrons. The number of halogens is 1. The fourth-order valence-electron chi connectivity index (χ4n) is 2.71. The van der Waals surface area contributed by atoms with Gasteiger partial charge in [-0.1, -0.05) is 37.6 Å². The number of hydrogen-bond donors (Lipinski definition) is 1. The summed E-state index contributed by atoms with van der Waals surface area (Å²) in [5, 5.41) is 4.20. The Morgan fingerprint density at radius 2 is 1.94 bits per heavy atom. The van der Waals surface area contributed by atoms with E-state index in [4.69, 9.17) is 11.6 Å². The van der Waals surface area contributed by atoms with Gasteiger partial charge in [0.15, 0.2) is 0 Å². The Balaban J connectivity index is 2.15. The van der Waals surface area contributed by atoms with E-state index in [-0.39, 0.29) is 0 Å². The molecule has 0 aliphatic carbocycles. The summed E-state index contributed by atoms with van der Waals surface area (Å²) in [7, 11) is 0. The van der Waals surface area contributed by atoms with Gasteiger partial charge in [-0.2, -0.15) is 0 Å².